The number of amides is 1. The molecule has 7 nitrogen and oxygen atoms in total. The molecule has 2 aromatic rings. The van der Waals surface area contributed by atoms with Crippen molar-refractivity contribution in [3.05, 3.63) is 35.7 Å². The van der Waals surface area contributed by atoms with Crippen LogP contribution in [0, 0.1) is 6.92 Å². The van der Waals surface area contributed by atoms with E-state index in [4.69, 9.17) is 0 Å². The first-order valence-corrected chi connectivity index (χ1v) is 9.84. The molecule has 0 unspecified atom stereocenters. The van der Waals surface area contributed by atoms with E-state index >= 15 is 0 Å². The van der Waals surface area contributed by atoms with Gasteiger partial charge in [0, 0.05) is 13.1 Å². The SMILES string of the molecule is CCc1cccc(C)c1S(=O)(=O)c1ncn(CC(=O)N(CC)CC)n1. The summed E-state index contributed by atoms with van der Waals surface area (Å²) >= 11 is 0. The van der Waals surface area contributed by atoms with Gasteiger partial charge in [0.1, 0.15) is 12.9 Å². The zero-order chi connectivity index (χ0) is 18.6. The fourth-order valence-electron chi connectivity index (χ4n) is 2.76. The largest absolute Gasteiger partial charge is 0.342 e. The first-order chi connectivity index (χ1) is 11.8. The normalized spacial score (nSPS) is 11.5. The van der Waals surface area contributed by atoms with Gasteiger partial charge in [-0.3, -0.25) is 4.79 Å². The molecule has 0 saturated heterocycles. The number of benzene rings is 1. The van der Waals surface area contributed by atoms with Crippen LogP contribution in [-0.4, -0.2) is 47.1 Å². The number of rotatable bonds is 7. The van der Waals surface area contributed by atoms with Gasteiger partial charge in [-0.05, 0) is 38.3 Å². The molecule has 0 spiro atoms. The smallest absolute Gasteiger partial charge is 0.271 e. The lowest BCUT2D eigenvalue weighted by molar-refractivity contribution is -0.131. The van der Waals surface area contributed by atoms with Crippen LogP contribution in [-0.2, 0) is 27.6 Å². The van der Waals surface area contributed by atoms with E-state index in [0.717, 1.165) is 5.56 Å². The highest BCUT2D eigenvalue weighted by Gasteiger charge is 2.27. The number of hydrogen-bond donors (Lipinski definition) is 0. The number of sulfone groups is 1. The molecule has 1 aromatic carbocycles. The van der Waals surface area contributed by atoms with Crippen molar-refractivity contribution in [3.63, 3.8) is 0 Å². The first-order valence-electron chi connectivity index (χ1n) is 8.35. The summed E-state index contributed by atoms with van der Waals surface area (Å²) < 4.78 is 27.2. The van der Waals surface area contributed by atoms with Gasteiger partial charge in [-0.15, -0.1) is 5.10 Å². The Morgan fingerprint density at radius 1 is 1.20 bits per heavy atom. The van der Waals surface area contributed by atoms with Crippen molar-refractivity contribution in [2.45, 2.75) is 50.7 Å². The maximum Gasteiger partial charge on any atom is 0.271 e. The van der Waals surface area contributed by atoms with Gasteiger partial charge >= 0.3 is 0 Å². The zero-order valence-corrected chi connectivity index (χ0v) is 15.9. The molecule has 0 saturated carbocycles. The summed E-state index contributed by atoms with van der Waals surface area (Å²) in [6.07, 6.45) is 1.88. The van der Waals surface area contributed by atoms with Crippen molar-refractivity contribution >= 4 is 15.7 Å². The topological polar surface area (TPSA) is 85.2 Å². The highest BCUT2D eigenvalue weighted by Crippen LogP contribution is 2.25. The Morgan fingerprint density at radius 3 is 2.48 bits per heavy atom. The Balaban J connectivity index is 2.35. The van der Waals surface area contributed by atoms with Gasteiger partial charge in [-0.1, -0.05) is 25.1 Å². The predicted molar refractivity (Wildman–Crippen MR) is 94.0 cm³/mol. The summed E-state index contributed by atoms with van der Waals surface area (Å²) in [4.78, 5) is 18.0. The van der Waals surface area contributed by atoms with Crippen molar-refractivity contribution in [1.82, 2.24) is 19.7 Å². The molecular weight excluding hydrogens is 340 g/mol. The van der Waals surface area contributed by atoms with Crippen LogP contribution in [0.3, 0.4) is 0 Å². The molecule has 0 aliphatic rings. The maximum absolute atomic E-state index is 12.9. The summed E-state index contributed by atoms with van der Waals surface area (Å²) in [6.45, 7) is 8.61. The van der Waals surface area contributed by atoms with Crippen molar-refractivity contribution in [2.24, 2.45) is 0 Å². The van der Waals surface area contributed by atoms with Crippen molar-refractivity contribution < 1.29 is 13.2 Å². The fourth-order valence-corrected chi connectivity index (χ4v) is 4.39. The van der Waals surface area contributed by atoms with Crippen LogP contribution in [0.15, 0.2) is 34.6 Å². The molecule has 8 heteroatoms. The van der Waals surface area contributed by atoms with E-state index in [2.05, 4.69) is 10.1 Å². The van der Waals surface area contributed by atoms with Gasteiger partial charge in [0.2, 0.25) is 15.7 Å². The molecule has 1 amide bonds. The monoisotopic (exact) mass is 364 g/mol. The Kier molecular flexibility index (Phi) is 5.94. The number of carbonyl (C=O) groups is 1. The van der Waals surface area contributed by atoms with Crippen molar-refractivity contribution in [1.29, 1.82) is 0 Å². The maximum atomic E-state index is 12.9. The van der Waals surface area contributed by atoms with Crippen LogP contribution in [0.25, 0.3) is 0 Å². The fraction of sp³-hybridized carbons (Fsp3) is 0.471. The molecule has 0 bridgehead atoms. The highest BCUT2D eigenvalue weighted by molar-refractivity contribution is 7.91. The highest BCUT2D eigenvalue weighted by atomic mass is 32.2. The van der Waals surface area contributed by atoms with Crippen LogP contribution in [0.2, 0.25) is 0 Å². The third kappa shape index (κ3) is 3.89. The average molecular weight is 364 g/mol. The molecule has 136 valence electrons. The van der Waals surface area contributed by atoms with Gasteiger partial charge in [-0.2, -0.15) is 0 Å². The van der Waals surface area contributed by atoms with E-state index in [-0.39, 0.29) is 22.5 Å². The number of aryl methyl sites for hydroxylation is 2. The van der Waals surface area contributed by atoms with E-state index in [1.54, 1.807) is 24.0 Å². The Bertz CT molecular complexity index is 855. The molecule has 0 atom stereocenters. The minimum absolute atomic E-state index is 0.0292. The minimum atomic E-state index is -3.83. The molecule has 1 heterocycles. The van der Waals surface area contributed by atoms with Crippen molar-refractivity contribution in [3.8, 4) is 0 Å². The molecule has 0 radical (unpaired) electrons. The van der Waals surface area contributed by atoms with E-state index in [1.165, 1.54) is 11.0 Å². The summed E-state index contributed by atoms with van der Waals surface area (Å²) in [7, 11) is -3.83. The summed E-state index contributed by atoms with van der Waals surface area (Å²) in [5.74, 6) is -0.121. The van der Waals surface area contributed by atoms with Gasteiger partial charge in [0.25, 0.3) is 5.16 Å². The average Bonchev–Trinajstić information content (AvgIpc) is 3.04. The third-order valence-electron chi connectivity index (χ3n) is 4.11. The lowest BCUT2D eigenvalue weighted by Crippen LogP contribution is -2.33. The van der Waals surface area contributed by atoms with Gasteiger partial charge in [-0.25, -0.2) is 18.1 Å². The second-order valence-electron chi connectivity index (χ2n) is 5.71. The standard InChI is InChI=1S/C17H24N4O3S/c1-5-14-10-8-9-13(4)16(14)25(23,24)17-18-12-21(19-17)11-15(22)20(6-2)7-3/h8-10,12H,5-7,11H2,1-4H3. The summed E-state index contributed by atoms with van der Waals surface area (Å²) in [5.41, 5.74) is 1.39. The van der Waals surface area contributed by atoms with Crippen LogP contribution in [0.5, 0.6) is 0 Å². The van der Waals surface area contributed by atoms with Crippen LogP contribution >= 0.6 is 0 Å². The molecule has 0 N–H and O–H groups in total. The van der Waals surface area contributed by atoms with Crippen LogP contribution in [0.4, 0.5) is 0 Å². The predicted octanol–water partition coefficient (Wildman–Crippen LogP) is 1.85. The van der Waals surface area contributed by atoms with Gasteiger partial charge in [0.05, 0.1) is 4.90 Å². The molecule has 0 aliphatic carbocycles. The van der Waals surface area contributed by atoms with Crippen LogP contribution in [0.1, 0.15) is 31.9 Å². The van der Waals surface area contributed by atoms with Crippen LogP contribution < -0.4 is 0 Å². The molecule has 2 rings (SSSR count). The second kappa shape index (κ2) is 7.77. The molecule has 0 aliphatic heterocycles. The van der Waals surface area contributed by atoms with E-state index in [0.29, 0.717) is 25.1 Å². The number of nitrogens with zero attached hydrogens (tertiary/aromatic N) is 4. The number of carbonyl (C=O) groups excluding carboxylic acids is 1. The van der Waals surface area contributed by atoms with Gasteiger partial charge < -0.3 is 4.90 Å². The summed E-state index contributed by atoms with van der Waals surface area (Å²) in [5, 5.41) is 3.76. The molecule has 25 heavy (non-hydrogen) atoms. The minimum Gasteiger partial charge on any atom is -0.342 e. The molecule has 1 aromatic heterocycles. The quantitative estimate of drug-likeness (QED) is 0.748. The Hall–Kier alpha value is -2.22. The zero-order valence-electron chi connectivity index (χ0n) is 15.1. The molecule has 0 fully saturated rings. The third-order valence-corrected chi connectivity index (χ3v) is 5.90. The van der Waals surface area contributed by atoms with E-state index in [9.17, 15) is 13.2 Å². The number of aromatic nitrogens is 3. The number of hydrogen-bond acceptors (Lipinski definition) is 5. The lowest BCUT2D eigenvalue weighted by atomic mass is 10.1. The van der Waals surface area contributed by atoms with Crippen molar-refractivity contribution in [2.75, 3.05) is 13.1 Å². The lowest BCUT2D eigenvalue weighted by Gasteiger charge is -2.18. The summed E-state index contributed by atoms with van der Waals surface area (Å²) in [6, 6.07) is 5.38. The molecular formula is C17H24N4O3S. The van der Waals surface area contributed by atoms with E-state index in [1.807, 2.05) is 26.8 Å². The Labute approximate surface area is 148 Å². The second-order valence-corrected chi connectivity index (χ2v) is 7.49. The van der Waals surface area contributed by atoms with E-state index < -0.39 is 9.84 Å². The first kappa shape index (κ1) is 19.1. The van der Waals surface area contributed by atoms with Gasteiger partial charge in [0.15, 0.2) is 0 Å². The Morgan fingerprint density at radius 2 is 1.88 bits per heavy atom. The number of likely N-dealkylation sites (N-methyl/N-ethyl adjacent to an activating group) is 1.